The van der Waals surface area contributed by atoms with Crippen molar-refractivity contribution >= 4 is 39.2 Å². The number of hydrogen-bond acceptors (Lipinski definition) is 5. The minimum absolute atomic E-state index is 0.00890. The van der Waals surface area contributed by atoms with Gasteiger partial charge in [0.25, 0.3) is 5.56 Å². The average molecular weight is 400 g/mol. The second kappa shape index (κ2) is 8.54. The van der Waals surface area contributed by atoms with Gasteiger partial charge in [0.15, 0.2) is 5.16 Å². The predicted octanol–water partition coefficient (Wildman–Crippen LogP) is 3.70. The van der Waals surface area contributed by atoms with Crippen molar-refractivity contribution in [3.63, 3.8) is 0 Å². The van der Waals surface area contributed by atoms with E-state index in [0.717, 1.165) is 5.56 Å². The van der Waals surface area contributed by atoms with Crippen LogP contribution >= 0.6 is 23.1 Å². The van der Waals surface area contributed by atoms with Gasteiger partial charge < -0.3 is 4.90 Å². The lowest BCUT2D eigenvalue weighted by Crippen LogP contribution is -2.28. The second-order valence-electron chi connectivity index (χ2n) is 6.26. The molecule has 2 heterocycles. The van der Waals surface area contributed by atoms with Gasteiger partial charge in [-0.25, -0.2) is 4.98 Å². The molecule has 0 aliphatic carbocycles. The van der Waals surface area contributed by atoms with Gasteiger partial charge in [-0.1, -0.05) is 47.7 Å². The van der Waals surface area contributed by atoms with E-state index < -0.39 is 0 Å². The van der Waals surface area contributed by atoms with Crippen LogP contribution in [0.4, 0.5) is 0 Å². The third-order valence-corrected chi connectivity index (χ3v) is 5.99. The number of allylic oxidation sites excluding steroid dienone is 1. The summed E-state index contributed by atoms with van der Waals surface area (Å²) in [6.45, 7) is 6.67. The third kappa shape index (κ3) is 4.48. The molecule has 1 amide bonds. The molecule has 0 bridgehead atoms. The number of thiophene rings is 1. The monoisotopic (exact) mass is 399 g/mol. The lowest BCUT2D eigenvalue weighted by molar-refractivity contribution is -0.127. The number of carbonyl (C=O) groups is 1. The van der Waals surface area contributed by atoms with E-state index in [9.17, 15) is 9.59 Å². The molecule has 27 heavy (non-hydrogen) atoms. The van der Waals surface area contributed by atoms with Gasteiger partial charge in [-0.05, 0) is 23.9 Å². The van der Waals surface area contributed by atoms with E-state index in [-0.39, 0.29) is 17.2 Å². The summed E-state index contributed by atoms with van der Waals surface area (Å²) in [7, 11) is 1.79. The normalized spacial score (nSPS) is 10.9. The predicted molar refractivity (Wildman–Crippen MR) is 112 cm³/mol. The summed E-state index contributed by atoms with van der Waals surface area (Å²) in [5.74, 6) is 0.215. The van der Waals surface area contributed by atoms with Crippen molar-refractivity contribution in [1.29, 1.82) is 0 Å². The molecule has 0 fully saturated rings. The van der Waals surface area contributed by atoms with E-state index in [1.807, 2.05) is 42.6 Å². The Kier molecular flexibility index (Phi) is 6.13. The maximum absolute atomic E-state index is 12.6. The molecule has 3 rings (SSSR count). The van der Waals surface area contributed by atoms with Gasteiger partial charge in [-0.2, -0.15) is 0 Å². The van der Waals surface area contributed by atoms with E-state index in [1.165, 1.54) is 28.7 Å². The quantitative estimate of drug-likeness (QED) is 0.345. The van der Waals surface area contributed by atoms with Gasteiger partial charge in [0, 0.05) is 20.1 Å². The highest BCUT2D eigenvalue weighted by Gasteiger charge is 2.15. The Hall–Kier alpha value is -2.38. The van der Waals surface area contributed by atoms with Crippen molar-refractivity contribution in [2.24, 2.45) is 0 Å². The first-order chi connectivity index (χ1) is 13.0. The Balaban J connectivity index is 1.72. The molecule has 2 aromatic heterocycles. The number of thioether (sulfide) groups is 1. The molecule has 0 radical (unpaired) electrons. The molecule has 0 unspecified atom stereocenters. The van der Waals surface area contributed by atoms with Crippen LogP contribution in [0.25, 0.3) is 10.2 Å². The Labute approximate surface area is 166 Å². The number of carbonyl (C=O) groups excluding carboxylic acids is 1. The number of amides is 1. The van der Waals surface area contributed by atoms with Crippen LogP contribution in [0.5, 0.6) is 0 Å². The first-order valence-electron chi connectivity index (χ1n) is 8.51. The maximum Gasteiger partial charge on any atom is 0.272 e. The summed E-state index contributed by atoms with van der Waals surface area (Å²) in [6, 6.07) is 9.96. The zero-order valence-electron chi connectivity index (χ0n) is 15.3. The molecule has 0 aliphatic rings. The molecule has 0 saturated carbocycles. The van der Waals surface area contributed by atoms with Crippen molar-refractivity contribution in [3.05, 3.63) is 69.8 Å². The Morgan fingerprint density at radius 3 is 2.78 bits per heavy atom. The van der Waals surface area contributed by atoms with E-state index in [0.29, 0.717) is 28.5 Å². The van der Waals surface area contributed by atoms with Crippen LogP contribution in [0.1, 0.15) is 11.1 Å². The zero-order chi connectivity index (χ0) is 19.4. The standard InChI is InChI=1S/C20H21N3O2S2/c1-4-10-23-19(25)18-16(9-11-26-18)21-20(23)27-13-17(24)22(3)12-15-7-5-14(2)6-8-15/h4-9,11H,1,10,12-13H2,2-3H3. The summed E-state index contributed by atoms with van der Waals surface area (Å²) < 4.78 is 2.20. The lowest BCUT2D eigenvalue weighted by atomic mass is 10.1. The molecule has 7 heteroatoms. The number of fused-ring (bicyclic) bond motifs is 1. The largest absolute Gasteiger partial charge is 0.341 e. The molecule has 140 valence electrons. The van der Waals surface area contributed by atoms with E-state index >= 15 is 0 Å². The average Bonchev–Trinajstić information content (AvgIpc) is 3.13. The zero-order valence-corrected chi connectivity index (χ0v) is 17.0. The number of rotatable bonds is 7. The number of nitrogens with zero attached hydrogens (tertiary/aromatic N) is 3. The highest BCUT2D eigenvalue weighted by Crippen LogP contribution is 2.21. The molecule has 0 aliphatic heterocycles. The Morgan fingerprint density at radius 2 is 2.07 bits per heavy atom. The van der Waals surface area contributed by atoms with Crippen molar-refractivity contribution < 1.29 is 4.79 Å². The van der Waals surface area contributed by atoms with Crippen molar-refractivity contribution in [2.45, 2.75) is 25.2 Å². The molecule has 0 spiro atoms. The first kappa shape index (κ1) is 19.4. The Morgan fingerprint density at radius 1 is 1.33 bits per heavy atom. The number of aryl methyl sites for hydroxylation is 1. The van der Waals surface area contributed by atoms with Crippen LogP contribution < -0.4 is 5.56 Å². The second-order valence-corrected chi connectivity index (χ2v) is 8.12. The fourth-order valence-corrected chi connectivity index (χ4v) is 4.34. The smallest absolute Gasteiger partial charge is 0.272 e. The highest BCUT2D eigenvalue weighted by molar-refractivity contribution is 7.99. The molecular weight excluding hydrogens is 378 g/mol. The summed E-state index contributed by atoms with van der Waals surface area (Å²) in [5.41, 5.74) is 2.87. The topological polar surface area (TPSA) is 55.2 Å². The van der Waals surface area contributed by atoms with Crippen molar-refractivity contribution in [1.82, 2.24) is 14.5 Å². The van der Waals surface area contributed by atoms with Crippen molar-refractivity contribution in [2.75, 3.05) is 12.8 Å². The fourth-order valence-electron chi connectivity index (χ4n) is 2.62. The first-order valence-corrected chi connectivity index (χ1v) is 10.4. The van der Waals surface area contributed by atoms with Gasteiger partial charge in [-0.15, -0.1) is 17.9 Å². The molecule has 1 aromatic carbocycles. The summed E-state index contributed by atoms with van der Waals surface area (Å²) in [5, 5.41) is 2.40. The molecule has 0 atom stereocenters. The van der Waals surface area contributed by atoms with E-state index in [4.69, 9.17) is 0 Å². The maximum atomic E-state index is 12.6. The van der Waals surface area contributed by atoms with E-state index in [1.54, 1.807) is 22.6 Å². The molecule has 3 aromatic rings. The van der Waals surface area contributed by atoms with Crippen molar-refractivity contribution in [3.8, 4) is 0 Å². The molecule has 0 N–H and O–H groups in total. The fraction of sp³-hybridized carbons (Fsp3) is 0.250. The van der Waals surface area contributed by atoms with Gasteiger partial charge >= 0.3 is 0 Å². The van der Waals surface area contributed by atoms with Gasteiger partial charge in [-0.3, -0.25) is 14.2 Å². The van der Waals surface area contributed by atoms with Gasteiger partial charge in [0.1, 0.15) is 4.70 Å². The third-order valence-electron chi connectivity index (χ3n) is 4.13. The number of benzene rings is 1. The van der Waals surface area contributed by atoms with E-state index in [2.05, 4.69) is 11.6 Å². The SMILES string of the molecule is C=CCn1c(SCC(=O)N(C)Cc2ccc(C)cc2)nc2ccsc2c1=O. The summed E-state index contributed by atoms with van der Waals surface area (Å²) >= 11 is 2.67. The van der Waals surface area contributed by atoms with Gasteiger partial charge in [0.05, 0.1) is 11.3 Å². The van der Waals surface area contributed by atoms with Gasteiger partial charge in [0.2, 0.25) is 5.91 Å². The minimum Gasteiger partial charge on any atom is -0.341 e. The van der Waals surface area contributed by atoms with Crippen LogP contribution in [-0.4, -0.2) is 33.2 Å². The highest BCUT2D eigenvalue weighted by atomic mass is 32.2. The molecule has 0 saturated heterocycles. The lowest BCUT2D eigenvalue weighted by Gasteiger charge is -2.17. The van der Waals surface area contributed by atoms with Crippen LogP contribution in [0.2, 0.25) is 0 Å². The van der Waals surface area contributed by atoms with Crippen LogP contribution in [0.15, 0.2) is 58.3 Å². The van der Waals surface area contributed by atoms with Crippen LogP contribution in [0, 0.1) is 6.92 Å². The summed E-state index contributed by atoms with van der Waals surface area (Å²) in [4.78, 5) is 31.4. The molecular formula is C20H21N3O2S2. The van der Waals surface area contributed by atoms with Crippen LogP contribution in [0.3, 0.4) is 0 Å². The summed E-state index contributed by atoms with van der Waals surface area (Å²) in [6.07, 6.45) is 1.66. The molecule has 5 nitrogen and oxygen atoms in total. The number of hydrogen-bond donors (Lipinski definition) is 0. The minimum atomic E-state index is -0.0853. The van der Waals surface area contributed by atoms with Crippen LogP contribution in [-0.2, 0) is 17.9 Å². The number of aromatic nitrogens is 2. The Bertz CT molecular complexity index is 1020.